The van der Waals surface area contributed by atoms with Gasteiger partial charge >= 0.3 is 0 Å². The van der Waals surface area contributed by atoms with Crippen molar-refractivity contribution in [2.45, 2.75) is 25.8 Å². The van der Waals surface area contributed by atoms with E-state index in [4.69, 9.17) is 0 Å². The van der Waals surface area contributed by atoms with E-state index in [1.54, 1.807) is 0 Å². The molecule has 17 heavy (non-hydrogen) atoms. The van der Waals surface area contributed by atoms with Gasteiger partial charge in [-0.3, -0.25) is 4.90 Å². The van der Waals surface area contributed by atoms with E-state index in [9.17, 15) is 5.11 Å². The average Bonchev–Trinajstić information content (AvgIpc) is 2.81. The highest BCUT2D eigenvalue weighted by Gasteiger charge is 2.27. The van der Waals surface area contributed by atoms with Gasteiger partial charge in [-0.15, -0.1) is 0 Å². The van der Waals surface area contributed by atoms with E-state index in [-0.39, 0.29) is 0 Å². The van der Waals surface area contributed by atoms with E-state index in [1.807, 2.05) is 0 Å². The molecule has 1 aromatic rings. The molecule has 1 aromatic carbocycles. The third-order valence-corrected chi connectivity index (χ3v) is 4.19. The highest BCUT2D eigenvalue weighted by molar-refractivity contribution is 9.10. The summed E-state index contributed by atoms with van der Waals surface area (Å²) in [6.07, 6.45) is 2.25. The van der Waals surface area contributed by atoms with Crippen molar-refractivity contribution in [3.63, 3.8) is 0 Å². The van der Waals surface area contributed by atoms with Crippen LogP contribution in [0, 0.1) is 5.92 Å². The van der Waals surface area contributed by atoms with Gasteiger partial charge < -0.3 is 5.11 Å². The number of rotatable bonds is 4. The van der Waals surface area contributed by atoms with Gasteiger partial charge in [-0.2, -0.15) is 0 Å². The van der Waals surface area contributed by atoms with Gasteiger partial charge in [-0.1, -0.05) is 35.0 Å². The zero-order chi connectivity index (χ0) is 12.3. The van der Waals surface area contributed by atoms with Gasteiger partial charge in [0.25, 0.3) is 0 Å². The number of aliphatic hydroxyl groups is 1. The molecule has 1 aliphatic rings. The molecule has 1 heterocycles. The Bertz CT molecular complexity index is 352. The largest absolute Gasteiger partial charge is 0.396 e. The van der Waals surface area contributed by atoms with Gasteiger partial charge in [0.1, 0.15) is 0 Å². The molecule has 0 aromatic heterocycles. The molecule has 0 aliphatic carbocycles. The van der Waals surface area contributed by atoms with Crippen LogP contribution in [0.1, 0.15) is 31.4 Å². The van der Waals surface area contributed by atoms with Crippen LogP contribution >= 0.6 is 15.9 Å². The molecule has 1 aliphatic heterocycles. The number of nitrogens with zero attached hydrogens (tertiary/aromatic N) is 1. The Balaban J connectivity index is 2.08. The first-order chi connectivity index (χ1) is 8.24. The smallest absolute Gasteiger partial charge is 0.0471 e. The second-order valence-electron chi connectivity index (χ2n) is 4.81. The van der Waals surface area contributed by atoms with Crippen molar-refractivity contribution in [2.75, 3.05) is 19.7 Å². The molecule has 2 atom stereocenters. The Labute approximate surface area is 112 Å². The predicted octanol–water partition coefficient (Wildman–Crippen LogP) is 3.21. The monoisotopic (exact) mass is 297 g/mol. The minimum absolute atomic E-state index is 0.327. The fraction of sp³-hybridized carbons (Fsp3) is 0.571. The van der Waals surface area contributed by atoms with Crippen molar-refractivity contribution in [3.05, 3.63) is 34.3 Å². The molecule has 0 bridgehead atoms. The summed E-state index contributed by atoms with van der Waals surface area (Å²) < 4.78 is 1.13. The SMILES string of the molecule is CCC(c1ccc(Br)cc1)N1CCC(CO)C1. The van der Waals surface area contributed by atoms with Crippen molar-refractivity contribution in [1.82, 2.24) is 4.90 Å². The lowest BCUT2D eigenvalue weighted by Gasteiger charge is -2.27. The second kappa shape index (κ2) is 5.98. The topological polar surface area (TPSA) is 23.5 Å². The van der Waals surface area contributed by atoms with Crippen LogP contribution in [0.2, 0.25) is 0 Å². The van der Waals surface area contributed by atoms with Gasteiger partial charge in [0.2, 0.25) is 0 Å². The lowest BCUT2D eigenvalue weighted by atomic mass is 10.0. The predicted molar refractivity (Wildman–Crippen MR) is 73.9 cm³/mol. The first-order valence-electron chi connectivity index (χ1n) is 6.35. The van der Waals surface area contributed by atoms with E-state index in [0.29, 0.717) is 18.6 Å². The van der Waals surface area contributed by atoms with E-state index in [1.165, 1.54) is 5.56 Å². The second-order valence-corrected chi connectivity index (χ2v) is 5.72. The highest BCUT2D eigenvalue weighted by Crippen LogP contribution is 2.30. The quantitative estimate of drug-likeness (QED) is 0.922. The Kier molecular flexibility index (Phi) is 4.60. The number of halogens is 1. The summed E-state index contributed by atoms with van der Waals surface area (Å²) in [6.45, 7) is 4.71. The highest BCUT2D eigenvalue weighted by atomic mass is 79.9. The molecular weight excluding hydrogens is 278 g/mol. The maximum absolute atomic E-state index is 9.21. The van der Waals surface area contributed by atoms with Gasteiger partial charge in [-0.05, 0) is 43.0 Å². The molecule has 0 spiro atoms. The first kappa shape index (κ1) is 13.1. The molecular formula is C14H20BrNO. The van der Waals surface area contributed by atoms with Crippen molar-refractivity contribution in [1.29, 1.82) is 0 Å². The van der Waals surface area contributed by atoms with Crippen LogP contribution in [0.5, 0.6) is 0 Å². The molecule has 2 rings (SSSR count). The summed E-state index contributed by atoms with van der Waals surface area (Å²) in [5.41, 5.74) is 1.38. The number of likely N-dealkylation sites (tertiary alicyclic amines) is 1. The van der Waals surface area contributed by atoms with Crippen molar-refractivity contribution >= 4 is 15.9 Å². The number of hydrogen-bond acceptors (Lipinski definition) is 2. The molecule has 2 nitrogen and oxygen atoms in total. The standard InChI is InChI=1S/C14H20BrNO/c1-2-14(12-3-5-13(15)6-4-12)16-8-7-11(9-16)10-17/h3-6,11,14,17H,2,7-10H2,1H3. The molecule has 94 valence electrons. The van der Waals surface area contributed by atoms with Crippen molar-refractivity contribution in [2.24, 2.45) is 5.92 Å². The zero-order valence-electron chi connectivity index (χ0n) is 10.3. The fourth-order valence-corrected chi connectivity index (χ4v) is 2.95. The van der Waals surface area contributed by atoms with E-state index in [0.717, 1.165) is 30.4 Å². The van der Waals surface area contributed by atoms with Crippen LogP contribution in [0.15, 0.2) is 28.7 Å². The first-order valence-corrected chi connectivity index (χ1v) is 7.14. The Hall–Kier alpha value is -0.380. The Morgan fingerprint density at radius 2 is 2.12 bits per heavy atom. The summed E-state index contributed by atoms with van der Waals surface area (Å²) in [5.74, 6) is 0.472. The third kappa shape index (κ3) is 3.09. The summed E-state index contributed by atoms with van der Waals surface area (Å²) in [4.78, 5) is 2.50. The number of benzene rings is 1. The molecule has 2 unspecified atom stereocenters. The van der Waals surface area contributed by atoms with E-state index >= 15 is 0 Å². The Morgan fingerprint density at radius 1 is 1.41 bits per heavy atom. The van der Waals surface area contributed by atoms with Gasteiger partial charge in [0, 0.05) is 23.7 Å². The molecule has 0 radical (unpaired) electrons. The summed E-state index contributed by atoms with van der Waals surface area (Å²) in [5, 5.41) is 9.21. The van der Waals surface area contributed by atoms with Crippen LogP contribution in [0.3, 0.4) is 0 Å². The number of aliphatic hydroxyl groups excluding tert-OH is 1. The van der Waals surface area contributed by atoms with Gasteiger partial charge in [0.05, 0.1) is 0 Å². The van der Waals surface area contributed by atoms with E-state index in [2.05, 4.69) is 52.0 Å². The average molecular weight is 298 g/mol. The third-order valence-electron chi connectivity index (χ3n) is 3.66. The van der Waals surface area contributed by atoms with E-state index < -0.39 is 0 Å². The summed E-state index contributed by atoms with van der Waals surface area (Å²) in [7, 11) is 0. The van der Waals surface area contributed by atoms with Crippen LogP contribution in [-0.2, 0) is 0 Å². The number of hydrogen-bond donors (Lipinski definition) is 1. The van der Waals surface area contributed by atoms with Crippen LogP contribution < -0.4 is 0 Å². The molecule has 0 saturated carbocycles. The summed E-state index contributed by atoms with van der Waals surface area (Å²) >= 11 is 3.47. The van der Waals surface area contributed by atoms with Crippen LogP contribution in [-0.4, -0.2) is 29.7 Å². The lowest BCUT2D eigenvalue weighted by molar-refractivity contribution is 0.195. The minimum atomic E-state index is 0.327. The Morgan fingerprint density at radius 3 is 2.65 bits per heavy atom. The molecule has 3 heteroatoms. The molecule has 1 saturated heterocycles. The normalized spacial score (nSPS) is 22.9. The van der Waals surface area contributed by atoms with Crippen molar-refractivity contribution in [3.8, 4) is 0 Å². The van der Waals surface area contributed by atoms with Crippen LogP contribution in [0.4, 0.5) is 0 Å². The molecule has 0 amide bonds. The van der Waals surface area contributed by atoms with Gasteiger partial charge in [-0.25, -0.2) is 0 Å². The minimum Gasteiger partial charge on any atom is -0.396 e. The van der Waals surface area contributed by atoms with Gasteiger partial charge in [0.15, 0.2) is 0 Å². The van der Waals surface area contributed by atoms with Crippen LogP contribution in [0.25, 0.3) is 0 Å². The molecule has 1 fully saturated rings. The van der Waals surface area contributed by atoms with Crippen molar-refractivity contribution < 1.29 is 5.11 Å². The molecule has 1 N–H and O–H groups in total. The summed E-state index contributed by atoms with van der Waals surface area (Å²) in [6, 6.07) is 9.11. The zero-order valence-corrected chi connectivity index (χ0v) is 11.9. The lowest BCUT2D eigenvalue weighted by Crippen LogP contribution is -2.26. The fourth-order valence-electron chi connectivity index (χ4n) is 2.68. The maximum Gasteiger partial charge on any atom is 0.0471 e. The maximum atomic E-state index is 9.21.